The fourth-order valence-electron chi connectivity index (χ4n) is 2.99. The van der Waals surface area contributed by atoms with Gasteiger partial charge in [0.2, 0.25) is 4.80 Å². The fraction of sp³-hybridized carbons (Fsp3) is 0.273. The van der Waals surface area contributed by atoms with E-state index in [2.05, 4.69) is 4.99 Å². The van der Waals surface area contributed by atoms with Crippen LogP contribution in [0, 0.1) is 0 Å². The highest BCUT2D eigenvalue weighted by Gasteiger charge is 2.14. The summed E-state index contributed by atoms with van der Waals surface area (Å²) in [5.74, 6) is 2.35. The first kappa shape index (κ1) is 20.7. The highest BCUT2D eigenvalue weighted by atomic mass is 32.1. The van der Waals surface area contributed by atoms with Crippen molar-refractivity contribution in [2.45, 2.75) is 13.3 Å². The number of hydrogen-bond acceptors (Lipinski definition) is 6. The predicted octanol–water partition coefficient (Wildman–Crippen LogP) is 4.24. The van der Waals surface area contributed by atoms with Crippen LogP contribution in [0.3, 0.4) is 0 Å². The van der Waals surface area contributed by atoms with Gasteiger partial charge in [0.25, 0.3) is 0 Å². The molecule has 29 heavy (non-hydrogen) atoms. The Labute approximate surface area is 174 Å². The zero-order chi connectivity index (χ0) is 20.8. The second kappa shape index (κ2) is 9.43. The number of rotatable bonds is 7. The normalized spacial score (nSPS) is 12.2. The van der Waals surface area contributed by atoms with E-state index in [0.29, 0.717) is 0 Å². The van der Waals surface area contributed by atoms with Gasteiger partial charge < -0.3 is 14.2 Å². The molecular weight excluding hydrogens is 386 g/mol. The van der Waals surface area contributed by atoms with Crippen LogP contribution in [0.2, 0.25) is 0 Å². The number of nitrogens with zero attached hydrogens (tertiary/aromatic N) is 3. The van der Waals surface area contributed by atoms with Gasteiger partial charge >= 0.3 is 0 Å². The number of benzene rings is 2. The number of ether oxygens (including phenoxy) is 3. The molecule has 0 aliphatic heterocycles. The van der Waals surface area contributed by atoms with Gasteiger partial charge in [-0.2, -0.15) is 5.10 Å². The molecular formula is C22H25N3O3S. The molecule has 0 saturated carbocycles. The summed E-state index contributed by atoms with van der Waals surface area (Å²) in [7, 11) is 6.74. The summed E-state index contributed by atoms with van der Waals surface area (Å²) in [6.45, 7) is 2.01. The van der Waals surface area contributed by atoms with Gasteiger partial charge in [0.15, 0.2) is 0 Å². The third kappa shape index (κ3) is 4.68. The van der Waals surface area contributed by atoms with Crippen LogP contribution in [0.5, 0.6) is 17.2 Å². The number of hydrogen-bond donors (Lipinski definition) is 0. The summed E-state index contributed by atoms with van der Waals surface area (Å²) in [6.07, 6.45) is 0.727. The minimum atomic E-state index is 0.727. The molecule has 3 rings (SSSR count). The smallest absolute Gasteiger partial charge is 0.205 e. The summed E-state index contributed by atoms with van der Waals surface area (Å²) in [5.41, 5.74) is 3.93. The van der Waals surface area contributed by atoms with E-state index in [9.17, 15) is 0 Å². The Balaban J connectivity index is 2.02. The fourth-order valence-corrected chi connectivity index (χ4v) is 3.78. The minimum Gasteiger partial charge on any atom is -0.497 e. The molecule has 0 unspecified atom stereocenters. The van der Waals surface area contributed by atoms with Crippen molar-refractivity contribution in [3.8, 4) is 28.5 Å². The molecule has 0 saturated heterocycles. The van der Waals surface area contributed by atoms with Gasteiger partial charge in [-0.1, -0.05) is 12.1 Å². The van der Waals surface area contributed by atoms with Gasteiger partial charge in [-0.25, -0.2) is 4.68 Å². The van der Waals surface area contributed by atoms with Gasteiger partial charge in [0, 0.05) is 30.1 Å². The molecule has 152 valence electrons. The number of methoxy groups -OCH3 is 3. The van der Waals surface area contributed by atoms with Crippen LogP contribution in [-0.2, 0) is 6.42 Å². The van der Waals surface area contributed by atoms with Crippen LogP contribution >= 0.6 is 11.3 Å². The van der Waals surface area contributed by atoms with Crippen molar-refractivity contribution in [2.24, 2.45) is 10.1 Å². The summed E-state index contributed by atoms with van der Waals surface area (Å²) >= 11 is 1.53. The van der Waals surface area contributed by atoms with Crippen LogP contribution < -0.4 is 19.0 Å². The van der Waals surface area contributed by atoms with E-state index < -0.39 is 0 Å². The van der Waals surface area contributed by atoms with E-state index in [-0.39, 0.29) is 0 Å². The number of thiazole rings is 1. The zero-order valence-electron chi connectivity index (χ0n) is 17.3. The van der Waals surface area contributed by atoms with Gasteiger partial charge in [-0.15, -0.1) is 11.3 Å². The predicted molar refractivity (Wildman–Crippen MR) is 118 cm³/mol. The van der Waals surface area contributed by atoms with Crippen LogP contribution in [-0.4, -0.2) is 38.8 Å². The molecule has 0 amide bonds. The molecule has 1 aromatic heterocycles. The lowest BCUT2D eigenvalue weighted by atomic mass is 10.1. The SMILES string of the molecule is CN=c1scc(-c2cc(OC)ccc2OC)n1N=C(C)Cc1ccc(OC)cc1. The van der Waals surface area contributed by atoms with E-state index in [1.807, 2.05) is 59.4 Å². The van der Waals surface area contributed by atoms with Crippen molar-refractivity contribution in [1.82, 2.24) is 4.68 Å². The first-order valence-electron chi connectivity index (χ1n) is 9.12. The molecule has 2 aromatic carbocycles. The molecule has 0 fully saturated rings. The van der Waals surface area contributed by atoms with E-state index in [0.717, 1.165) is 45.4 Å². The summed E-state index contributed by atoms with van der Waals surface area (Å²) < 4.78 is 18.1. The van der Waals surface area contributed by atoms with Gasteiger partial charge in [0.1, 0.15) is 17.2 Å². The lowest BCUT2D eigenvalue weighted by molar-refractivity contribution is 0.404. The molecule has 0 aliphatic rings. The largest absolute Gasteiger partial charge is 0.497 e. The van der Waals surface area contributed by atoms with Gasteiger partial charge in [-0.3, -0.25) is 4.99 Å². The van der Waals surface area contributed by atoms with Crippen molar-refractivity contribution in [2.75, 3.05) is 28.4 Å². The molecule has 0 spiro atoms. The first-order chi connectivity index (χ1) is 14.1. The molecule has 6 nitrogen and oxygen atoms in total. The summed E-state index contributed by atoms with van der Waals surface area (Å²) in [4.78, 5) is 5.19. The maximum absolute atomic E-state index is 5.56. The Kier molecular flexibility index (Phi) is 6.72. The minimum absolute atomic E-state index is 0.727. The lowest BCUT2D eigenvalue weighted by Crippen LogP contribution is -2.14. The van der Waals surface area contributed by atoms with Crippen LogP contribution in [0.25, 0.3) is 11.3 Å². The average Bonchev–Trinajstić information content (AvgIpc) is 3.15. The molecule has 0 aliphatic carbocycles. The summed E-state index contributed by atoms with van der Waals surface area (Å²) in [5, 5.41) is 6.89. The highest BCUT2D eigenvalue weighted by molar-refractivity contribution is 7.07. The molecule has 0 N–H and O–H groups in total. The Morgan fingerprint density at radius 1 is 0.966 bits per heavy atom. The van der Waals surface area contributed by atoms with Gasteiger partial charge in [-0.05, 0) is 42.8 Å². The Morgan fingerprint density at radius 3 is 2.28 bits per heavy atom. The molecule has 0 atom stereocenters. The second-order valence-corrected chi connectivity index (χ2v) is 7.20. The lowest BCUT2D eigenvalue weighted by Gasteiger charge is -2.11. The number of aromatic nitrogens is 1. The van der Waals surface area contributed by atoms with E-state index in [1.54, 1.807) is 28.4 Å². The maximum Gasteiger partial charge on any atom is 0.205 e. The average molecular weight is 412 g/mol. The third-order valence-corrected chi connectivity index (χ3v) is 5.36. The van der Waals surface area contributed by atoms with Crippen molar-refractivity contribution in [1.29, 1.82) is 0 Å². The van der Waals surface area contributed by atoms with Crippen LogP contribution in [0.15, 0.2) is 57.9 Å². The second-order valence-electron chi connectivity index (χ2n) is 6.37. The Morgan fingerprint density at radius 2 is 1.66 bits per heavy atom. The first-order valence-corrected chi connectivity index (χ1v) is 10.0. The Hall–Kier alpha value is -3.06. The van der Waals surface area contributed by atoms with E-state index >= 15 is 0 Å². The molecule has 7 heteroatoms. The maximum atomic E-state index is 5.56. The van der Waals surface area contributed by atoms with Crippen molar-refractivity contribution >= 4 is 17.0 Å². The van der Waals surface area contributed by atoms with Crippen molar-refractivity contribution < 1.29 is 14.2 Å². The quantitative estimate of drug-likeness (QED) is 0.547. The monoisotopic (exact) mass is 411 g/mol. The molecule has 1 heterocycles. The van der Waals surface area contributed by atoms with E-state index in [1.165, 1.54) is 16.9 Å². The van der Waals surface area contributed by atoms with Gasteiger partial charge in [0.05, 0.1) is 27.0 Å². The topological polar surface area (TPSA) is 57.3 Å². The third-order valence-electron chi connectivity index (χ3n) is 4.45. The zero-order valence-corrected chi connectivity index (χ0v) is 18.1. The van der Waals surface area contributed by atoms with Crippen LogP contribution in [0.1, 0.15) is 12.5 Å². The molecule has 0 radical (unpaired) electrons. The molecule has 3 aromatic rings. The van der Waals surface area contributed by atoms with E-state index in [4.69, 9.17) is 19.3 Å². The van der Waals surface area contributed by atoms with Crippen LogP contribution in [0.4, 0.5) is 0 Å². The standard InChI is InChI=1S/C22H25N3O3S/c1-15(12-16-6-8-17(26-3)9-7-16)24-25-20(14-29-22(25)23-2)19-13-18(27-4)10-11-21(19)28-5/h6-11,13-14H,12H2,1-5H3. The molecule has 0 bridgehead atoms. The highest BCUT2D eigenvalue weighted by Crippen LogP contribution is 2.33. The Bertz CT molecular complexity index is 1070. The van der Waals surface area contributed by atoms with Crippen molar-refractivity contribution in [3.05, 3.63) is 58.2 Å². The summed E-state index contributed by atoms with van der Waals surface area (Å²) in [6, 6.07) is 13.7. The van der Waals surface area contributed by atoms with Crippen molar-refractivity contribution in [3.63, 3.8) is 0 Å².